The summed E-state index contributed by atoms with van der Waals surface area (Å²) in [6.45, 7) is 47.5. The first-order valence-corrected chi connectivity index (χ1v) is 46.8. The molecule has 0 spiro atoms. The molecule has 5 aliphatic rings. The minimum atomic E-state index is -0.346. The molecular formula is C99H158N10O15. The Hall–Kier alpha value is -8.75. The molecule has 5 fully saturated rings. The van der Waals surface area contributed by atoms with Gasteiger partial charge in [0.25, 0.3) is 0 Å². The number of nitrogens with zero attached hydrogens (tertiary/aromatic N) is 5. The van der Waals surface area contributed by atoms with E-state index in [0.717, 1.165) is 91.1 Å². The zero-order chi connectivity index (χ0) is 90.5. The van der Waals surface area contributed by atoms with Crippen molar-refractivity contribution in [1.29, 1.82) is 0 Å². The lowest BCUT2D eigenvalue weighted by Gasteiger charge is -2.36. The average Bonchev–Trinajstić information content (AvgIpc) is 0.846. The Morgan fingerprint density at radius 3 is 0.782 bits per heavy atom. The molecule has 5 aliphatic heterocycles. The van der Waals surface area contributed by atoms with Gasteiger partial charge in [0.1, 0.15) is 72.9 Å². The topological polar surface area (TPSA) is 324 Å². The average molecular weight is 1730 g/mol. The van der Waals surface area contributed by atoms with Crippen LogP contribution >= 0.6 is 0 Å². The molecule has 25 heteroatoms. The monoisotopic (exact) mass is 1730 g/mol. The van der Waals surface area contributed by atoms with Crippen LogP contribution in [-0.4, -0.2) is 216 Å². The molecule has 5 saturated heterocycles. The van der Waals surface area contributed by atoms with E-state index in [1.165, 1.54) is 96.3 Å². The van der Waals surface area contributed by atoms with Crippen molar-refractivity contribution < 1.29 is 71.3 Å². The summed E-state index contributed by atoms with van der Waals surface area (Å²) in [4.78, 5) is 74.7. The number of hydrogen-bond acceptors (Lipinski definition) is 25. The molecular weight excluding hydrogens is 1570 g/mol. The van der Waals surface area contributed by atoms with Gasteiger partial charge < -0.3 is 76.0 Å². The van der Waals surface area contributed by atoms with Crippen LogP contribution in [0.25, 0.3) is 0 Å². The molecule has 694 valence electrons. The van der Waals surface area contributed by atoms with Crippen molar-refractivity contribution in [3.63, 3.8) is 0 Å². The van der Waals surface area contributed by atoms with E-state index in [2.05, 4.69) is 101 Å². The largest absolute Gasteiger partial charge is 0.493 e. The van der Waals surface area contributed by atoms with E-state index >= 15 is 0 Å². The Bertz CT molecular complexity index is 3910. The third-order valence-corrected chi connectivity index (χ3v) is 23.5. The van der Waals surface area contributed by atoms with E-state index in [1.54, 1.807) is 91.0 Å². The first-order chi connectivity index (χ1) is 59.6. The van der Waals surface area contributed by atoms with Gasteiger partial charge in [-0.3, -0.25) is 24.5 Å². The van der Waals surface area contributed by atoms with Gasteiger partial charge in [-0.2, -0.15) is 0 Å². The molecule has 0 amide bonds. The summed E-state index contributed by atoms with van der Waals surface area (Å²) in [6, 6.07) is 26.7. The number of carbonyl (C=O) groups is 5. The molecule has 0 unspecified atom stereocenters. The minimum absolute atomic E-state index is 0.262. The van der Waals surface area contributed by atoms with Crippen LogP contribution in [0.15, 0.2) is 91.0 Å². The van der Waals surface area contributed by atoms with Crippen molar-refractivity contribution in [3.8, 4) is 28.7 Å². The number of anilines is 5. The maximum absolute atomic E-state index is 12.6. The maximum Gasteiger partial charge on any atom is 0.341 e. The Morgan fingerprint density at radius 1 is 0.282 bits per heavy atom. The minimum Gasteiger partial charge on any atom is -0.493 e. The predicted molar refractivity (Wildman–Crippen MR) is 500 cm³/mol. The molecule has 0 radical (unpaired) electrons. The molecule has 5 atom stereocenters. The Morgan fingerprint density at radius 2 is 0.524 bits per heavy atom. The molecule has 0 saturated carbocycles. The molecule has 0 aliphatic carbocycles. The number of likely N-dealkylation sites (tertiary alicyclic amines) is 5. The number of hydrogen-bond donors (Lipinski definition) is 5. The predicted octanol–water partition coefficient (Wildman–Crippen LogP) is 18.2. The molecule has 5 aromatic carbocycles. The lowest BCUT2D eigenvalue weighted by Crippen LogP contribution is -2.45. The number of unbranched alkanes of at least 4 members (excludes halogenated alkanes) is 1. The van der Waals surface area contributed by atoms with Gasteiger partial charge in [0, 0.05) is 53.7 Å². The van der Waals surface area contributed by atoms with Crippen molar-refractivity contribution in [2.45, 2.75) is 256 Å². The fourth-order valence-corrected chi connectivity index (χ4v) is 16.1. The Labute approximate surface area is 743 Å². The van der Waals surface area contributed by atoms with Gasteiger partial charge in [-0.05, 0) is 271 Å². The van der Waals surface area contributed by atoms with E-state index in [0.29, 0.717) is 181 Å². The molecule has 5 heterocycles. The lowest BCUT2D eigenvalue weighted by atomic mass is 10.00. The van der Waals surface area contributed by atoms with Gasteiger partial charge in [-0.25, -0.2) is 24.0 Å². The smallest absolute Gasteiger partial charge is 0.341 e. The van der Waals surface area contributed by atoms with Gasteiger partial charge in [0.2, 0.25) is 0 Å². The quantitative estimate of drug-likeness (QED) is 0.0106. The summed E-state index contributed by atoms with van der Waals surface area (Å²) >= 11 is 0. The fraction of sp³-hybridized carbons (Fsp3) is 0.646. The van der Waals surface area contributed by atoms with Crippen LogP contribution in [0.4, 0.5) is 28.4 Å². The van der Waals surface area contributed by atoms with Crippen molar-refractivity contribution >= 4 is 58.3 Å². The third-order valence-electron chi connectivity index (χ3n) is 23.5. The normalized spacial score (nSPS) is 16.7. The van der Waals surface area contributed by atoms with Gasteiger partial charge in [0.05, 0.1) is 66.8 Å². The van der Waals surface area contributed by atoms with Gasteiger partial charge in [0.15, 0.2) is 0 Å². The van der Waals surface area contributed by atoms with Crippen LogP contribution < -0.4 is 52.4 Å². The number of ether oxygens (including phenoxy) is 10. The van der Waals surface area contributed by atoms with E-state index in [1.807, 2.05) is 27.7 Å². The van der Waals surface area contributed by atoms with E-state index in [9.17, 15) is 24.0 Å². The summed E-state index contributed by atoms with van der Waals surface area (Å²) in [5.41, 5.74) is 34.4. The van der Waals surface area contributed by atoms with E-state index in [-0.39, 0.29) is 60.1 Å². The van der Waals surface area contributed by atoms with Crippen LogP contribution in [0.3, 0.4) is 0 Å². The van der Waals surface area contributed by atoms with Gasteiger partial charge in [-0.15, -0.1) is 0 Å². The number of carbonyl (C=O) groups excluding carboxylic acids is 5. The maximum atomic E-state index is 12.6. The molecule has 0 bridgehead atoms. The fourth-order valence-electron chi connectivity index (χ4n) is 16.1. The van der Waals surface area contributed by atoms with Crippen molar-refractivity contribution in [2.24, 2.45) is 29.6 Å². The second kappa shape index (κ2) is 57.1. The highest BCUT2D eigenvalue weighted by Crippen LogP contribution is 2.32. The number of benzene rings is 5. The van der Waals surface area contributed by atoms with Crippen molar-refractivity contribution in [3.05, 3.63) is 119 Å². The van der Waals surface area contributed by atoms with Crippen molar-refractivity contribution in [2.75, 3.05) is 160 Å². The standard InChI is InChI=1S/C21H34N2O3.2C20H32N2O3.2C19H30N2O3/c1-4-5-13-25-20-14-17(9-10-18(20)22)21(24)26-15-19(16(2)3)23-11-7-6-8-12-23;1-4-12-24-19-13-16(21)8-9-17(19)20(23)25-14-18(15(2)3)22-10-6-5-7-11-22;1-4-12-24-19-13-16(8-9-17(19)21)20(23)25-14-18(15(2)3)22-10-6-5-7-11-22;1-4-23-18-12-15(20)8-9-16(18)19(22)24-13-17(14(2)3)21-10-6-5-7-11-21;1-4-23-18-12-15(8-9-16(18)20)19(22)24-13-17(14(2)3)21-10-6-5-7-11-21/h9-10,14,16,19H,4-8,11-13,15,22H2,1-3H3;2*8-9,13,15,18H,4-7,10-12,14,21H2,1-3H3;2*8-9,12,14,17H,4-7,10-11,13,20H2,1-3H3/t19-;2*18-;2*17-/m11111/s1. The van der Waals surface area contributed by atoms with Crippen molar-refractivity contribution in [1.82, 2.24) is 24.5 Å². The van der Waals surface area contributed by atoms with Gasteiger partial charge >= 0.3 is 29.8 Å². The zero-order valence-electron chi connectivity index (χ0n) is 78.3. The summed E-state index contributed by atoms with van der Waals surface area (Å²) in [5, 5.41) is 0. The Kier molecular flexibility index (Phi) is 47.9. The summed E-state index contributed by atoms with van der Waals surface area (Å²) in [6.07, 6.45) is 22.5. The molecule has 10 rings (SSSR count). The highest BCUT2D eigenvalue weighted by molar-refractivity contribution is 5.94. The van der Waals surface area contributed by atoms with Crippen LogP contribution in [0.2, 0.25) is 0 Å². The number of nitrogen functional groups attached to an aromatic ring is 5. The molecule has 0 aromatic heterocycles. The highest BCUT2D eigenvalue weighted by Gasteiger charge is 2.32. The molecule has 124 heavy (non-hydrogen) atoms. The van der Waals surface area contributed by atoms with Crippen LogP contribution in [0.5, 0.6) is 28.7 Å². The SMILES string of the molecule is CCCCOc1cc(C(=O)OC[C@H](C(C)C)N2CCCCC2)ccc1N.CCCOc1cc(C(=O)OC[C@H](C(C)C)N2CCCCC2)ccc1N.CCCOc1cc(N)ccc1C(=O)OC[C@H](C(C)C)N1CCCCC1.CCOc1cc(C(=O)OC[C@H](C(C)C)N2CCCCC2)ccc1N.CCOc1cc(N)ccc1C(=O)OC[C@H](C(C)C)N1CCCCC1. The second-order valence-corrected chi connectivity index (χ2v) is 35.1. The van der Waals surface area contributed by atoms with Crippen LogP contribution in [-0.2, 0) is 23.7 Å². The van der Waals surface area contributed by atoms with E-state index < -0.39 is 0 Å². The summed E-state index contributed by atoms with van der Waals surface area (Å²) in [7, 11) is 0. The van der Waals surface area contributed by atoms with Gasteiger partial charge in [-0.1, -0.05) is 129 Å². The first kappa shape index (κ1) is 104. The number of piperidine rings is 5. The summed E-state index contributed by atoms with van der Waals surface area (Å²) < 4.78 is 56.1. The number of rotatable bonds is 39. The zero-order valence-corrected chi connectivity index (χ0v) is 78.3. The lowest BCUT2D eigenvalue weighted by molar-refractivity contribution is 0.0223. The number of esters is 5. The molecule has 25 nitrogen and oxygen atoms in total. The van der Waals surface area contributed by atoms with E-state index in [4.69, 9.17) is 76.0 Å². The van der Waals surface area contributed by atoms with Crippen LogP contribution in [0.1, 0.15) is 278 Å². The third kappa shape index (κ3) is 35.6. The van der Waals surface area contributed by atoms with Crippen LogP contribution in [0, 0.1) is 29.6 Å². The molecule has 5 aromatic rings. The molecule has 10 N–H and O–H groups in total. The Balaban J connectivity index is 0.000000240. The highest BCUT2D eigenvalue weighted by atomic mass is 16.6. The second-order valence-electron chi connectivity index (χ2n) is 35.1. The summed E-state index contributed by atoms with van der Waals surface area (Å²) in [5.74, 6) is 3.21. The first-order valence-electron chi connectivity index (χ1n) is 46.8. The number of nitrogens with two attached hydrogens (primary N) is 5.